The molecule has 2 aliphatic rings. The van der Waals surface area contributed by atoms with Gasteiger partial charge in [-0.2, -0.15) is 0 Å². The van der Waals surface area contributed by atoms with Crippen molar-refractivity contribution in [3.63, 3.8) is 0 Å². The molecular weight excluding hydrogens is 474 g/mol. The van der Waals surface area contributed by atoms with Gasteiger partial charge in [0.15, 0.2) is 0 Å². The number of para-hydroxylation sites is 1. The second kappa shape index (κ2) is 8.47. The Morgan fingerprint density at radius 1 is 0.410 bits per heavy atom. The van der Waals surface area contributed by atoms with Crippen molar-refractivity contribution in [1.29, 1.82) is 0 Å². The van der Waals surface area contributed by atoms with E-state index >= 15 is 0 Å². The first kappa shape index (κ1) is 22.0. The predicted molar refractivity (Wildman–Crippen MR) is 159 cm³/mol. The van der Waals surface area contributed by atoms with Crippen molar-refractivity contribution in [2.75, 3.05) is 5.32 Å². The van der Waals surface area contributed by atoms with Crippen molar-refractivity contribution in [3.05, 3.63) is 168 Å². The molecule has 8 rings (SSSR count). The number of hydrogen-bond donors (Lipinski definition) is 1. The van der Waals surface area contributed by atoms with E-state index < -0.39 is 5.41 Å². The van der Waals surface area contributed by atoms with Crippen LogP contribution in [0.3, 0.4) is 0 Å². The fourth-order valence-corrected chi connectivity index (χ4v) is 6.48. The van der Waals surface area contributed by atoms with Gasteiger partial charge < -0.3 is 10.1 Å². The second-order valence-electron chi connectivity index (χ2n) is 10.2. The summed E-state index contributed by atoms with van der Waals surface area (Å²) in [5, 5.41) is 3.59. The standard InChI is InChI=1S/C37H25NO/c1-2-10-25(11-3-1)26-18-20-27(21-19-26)38-28-22-23-34-36(24-28)39-35-17-9-8-16-33(35)37(34)31-14-6-4-12-29(31)30-13-5-7-15-32(30)37/h1-24,38H. The van der Waals surface area contributed by atoms with E-state index in [1.54, 1.807) is 0 Å². The number of hydrogen-bond acceptors (Lipinski definition) is 2. The Labute approximate surface area is 228 Å². The largest absolute Gasteiger partial charge is 0.457 e. The maximum atomic E-state index is 6.61. The molecular formula is C37H25NO. The van der Waals surface area contributed by atoms with Crippen molar-refractivity contribution in [2.24, 2.45) is 0 Å². The monoisotopic (exact) mass is 499 g/mol. The molecule has 1 spiro atoms. The Morgan fingerprint density at radius 3 is 1.67 bits per heavy atom. The molecule has 6 aromatic rings. The van der Waals surface area contributed by atoms with Gasteiger partial charge in [-0.05, 0) is 57.6 Å². The first-order chi connectivity index (χ1) is 19.3. The third kappa shape index (κ3) is 3.22. The molecule has 0 fully saturated rings. The maximum absolute atomic E-state index is 6.61. The molecule has 0 unspecified atom stereocenters. The summed E-state index contributed by atoms with van der Waals surface area (Å²) < 4.78 is 6.61. The number of ether oxygens (including phenoxy) is 1. The van der Waals surface area contributed by atoms with Gasteiger partial charge in [-0.25, -0.2) is 0 Å². The molecule has 0 saturated heterocycles. The molecule has 39 heavy (non-hydrogen) atoms. The molecule has 2 heteroatoms. The predicted octanol–water partition coefficient (Wildman–Crippen LogP) is 9.57. The van der Waals surface area contributed by atoms with Gasteiger partial charge in [-0.1, -0.05) is 115 Å². The highest BCUT2D eigenvalue weighted by Gasteiger charge is 2.50. The molecule has 0 bridgehead atoms. The Hall–Kier alpha value is -5.08. The zero-order valence-corrected chi connectivity index (χ0v) is 21.3. The van der Waals surface area contributed by atoms with Crippen LogP contribution in [-0.4, -0.2) is 0 Å². The van der Waals surface area contributed by atoms with Crippen LogP contribution in [0.4, 0.5) is 11.4 Å². The molecule has 1 heterocycles. The van der Waals surface area contributed by atoms with E-state index in [2.05, 4.69) is 145 Å². The summed E-state index contributed by atoms with van der Waals surface area (Å²) in [4.78, 5) is 0. The first-order valence-electron chi connectivity index (χ1n) is 13.4. The molecule has 0 amide bonds. The topological polar surface area (TPSA) is 21.3 Å². The summed E-state index contributed by atoms with van der Waals surface area (Å²) in [5.41, 5.74) is 11.6. The Balaban J connectivity index is 1.25. The Kier molecular flexibility index (Phi) is 4.77. The van der Waals surface area contributed by atoms with Crippen LogP contribution in [-0.2, 0) is 5.41 Å². The van der Waals surface area contributed by atoms with Crippen LogP contribution in [0.2, 0.25) is 0 Å². The van der Waals surface area contributed by atoms with E-state index in [0.717, 1.165) is 22.9 Å². The zero-order chi connectivity index (χ0) is 25.8. The van der Waals surface area contributed by atoms with E-state index in [4.69, 9.17) is 4.74 Å². The summed E-state index contributed by atoms with van der Waals surface area (Å²) in [6.45, 7) is 0. The maximum Gasteiger partial charge on any atom is 0.134 e. The molecule has 6 aromatic carbocycles. The summed E-state index contributed by atoms with van der Waals surface area (Å²) in [6.07, 6.45) is 0. The fourth-order valence-electron chi connectivity index (χ4n) is 6.48. The van der Waals surface area contributed by atoms with Gasteiger partial charge in [-0.3, -0.25) is 0 Å². The lowest BCUT2D eigenvalue weighted by atomic mass is 9.66. The van der Waals surface area contributed by atoms with Crippen LogP contribution in [0.5, 0.6) is 11.5 Å². The molecule has 184 valence electrons. The van der Waals surface area contributed by atoms with Crippen LogP contribution in [0.15, 0.2) is 146 Å². The number of fused-ring (bicyclic) bond motifs is 9. The van der Waals surface area contributed by atoms with E-state index in [1.165, 1.54) is 44.5 Å². The normalized spacial score (nSPS) is 13.5. The Bertz CT molecular complexity index is 1810. The fraction of sp³-hybridized carbons (Fsp3) is 0.0270. The molecule has 2 nitrogen and oxygen atoms in total. The minimum absolute atomic E-state index is 0.423. The van der Waals surface area contributed by atoms with E-state index in [0.29, 0.717) is 0 Å². The third-order valence-corrected chi connectivity index (χ3v) is 8.13. The first-order valence-corrected chi connectivity index (χ1v) is 13.4. The van der Waals surface area contributed by atoms with Crippen molar-refractivity contribution in [2.45, 2.75) is 5.41 Å². The summed E-state index contributed by atoms with van der Waals surface area (Å²) >= 11 is 0. The molecule has 0 saturated carbocycles. The summed E-state index contributed by atoms with van der Waals surface area (Å²) in [6, 6.07) is 51.7. The molecule has 0 radical (unpaired) electrons. The molecule has 0 aromatic heterocycles. The summed E-state index contributed by atoms with van der Waals surface area (Å²) in [5.74, 6) is 1.78. The smallest absolute Gasteiger partial charge is 0.134 e. The lowest BCUT2D eigenvalue weighted by Crippen LogP contribution is -2.32. The van der Waals surface area contributed by atoms with Gasteiger partial charge in [-0.15, -0.1) is 0 Å². The third-order valence-electron chi connectivity index (χ3n) is 8.13. The lowest BCUT2D eigenvalue weighted by Gasteiger charge is -2.39. The van der Waals surface area contributed by atoms with Crippen molar-refractivity contribution >= 4 is 11.4 Å². The van der Waals surface area contributed by atoms with Gasteiger partial charge in [0.05, 0.1) is 5.41 Å². The van der Waals surface area contributed by atoms with Gasteiger partial charge in [0.25, 0.3) is 0 Å². The highest BCUT2D eigenvalue weighted by atomic mass is 16.5. The van der Waals surface area contributed by atoms with Gasteiger partial charge >= 0.3 is 0 Å². The van der Waals surface area contributed by atoms with Gasteiger partial charge in [0.2, 0.25) is 0 Å². The van der Waals surface area contributed by atoms with Crippen molar-refractivity contribution in [3.8, 4) is 33.8 Å². The quantitative estimate of drug-likeness (QED) is 0.261. The summed E-state index contributed by atoms with van der Waals surface area (Å²) in [7, 11) is 0. The SMILES string of the molecule is c1ccc(-c2ccc(Nc3ccc4c(c3)Oc3ccccc3C43c4ccccc4-c4ccccc43)cc2)cc1. The van der Waals surface area contributed by atoms with E-state index in [-0.39, 0.29) is 0 Å². The van der Waals surface area contributed by atoms with Gasteiger partial charge in [0, 0.05) is 28.6 Å². The van der Waals surface area contributed by atoms with Crippen LogP contribution >= 0.6 is 0 Å². The minimum Gasteiger partial charge on any atom is -0.457 e. The zero-order valence-electron chi connectivity index (χ0n) is 21.3. The molecule has 1 N–H and O–H groups in total. The molecule has 1 aliphatic heterocycles. The van der Waals surface area contributed by atoms with Crippen molar-refractivity contribution in [1.82, 2.24) is 0 Å². The molecule has 1 aliphatic carbocycles. The average Bonchev–Trinajstić information content (AvgIpc) is 3.29. The second-order valence-corrected chi connectivity index (χ2v) is 10.2. The number of anilines is 2. The van der Waals surface area contributed by atoms with Crippen LogP contribution in [0.25, 0.3) is 22.3 Å². The van der Waals surface area contributed by atoms with Crippen LogP contribution in [0, 0.1) is 0 Å². The van der Waals surface area contributed by atoms with Crippen LogP contribution < -0.4 is 10.1 Å². The van der Waals surface area contributed by atoms with Crippen molar-refractivity contribution < 1.29 is 4.74 Å². The van der Waals surface area contributed by atoms with Crippen LogP contribution in [0.1, 0.15) is 22.3 Å². The van der Waals surface area contributed by atoms with Gasteiger partial charge in [0.1, 0.15) is 11.5 Å². The lowest BCUT2D eigenvalue weighted by molar-refractivity contribution is 0.436. The van der Waals surface area contributed by atoms with E-state index in [9.17, 15) is 0 Å². The Morgan fingerprint density at radius 2 is 0.949 bits per heavy atom. The highest BCUT2D eigenvalue weighted by Crippen LogP contribution is 2.62. The van der Waals surface area contributed by atoms with E-state index in [1.807, 2.05) is 6.07 Å². The highest BCUT2D eigenvalue weighted by molar-refractivity contribution is 5.88. The average molecular weight is 500 g/mol. The molecule has 0 atom stereocenters. The minimum atomic E-state index is -0.423. The number of nitrogens with one attached hydrogen (secondary N) is 1. The number of rotatable bonds is 3. The number of benzene rings is 6.